The van der Waals surface area contributed by atoms with Crippen molar-refractivity contribution in [3.05, 3.63) is 71.8 Å². The SMILES string of the molecule is O=C1N[C@H](Cc2ccccc2)C[C@H](c2ccccc2)S1. The Labute approximate surface area is 123 Å². The zero-order chi connectivity index (χ0) is 13.8. The second kappa shape index (κ2) is 6.14. The summed E-state index contributed by atoms with van der Waals surface area (Å²) in [6.07, 6.45) is 1.88. The van der Waals surface area contributed by atoms with Crippen molar-refractivity contribution in [1.82, 2.24) is 5.32 Å². The van der Waals surface area contributed by atoms with Gasteiger partial charge in [-0.2, -0.15) is 0 Å². The van der Waals surface area contributed by atoms with Crippen LogP contribution in [0.2, 0.25) is 0 Å². The van der Waals surface area contributed by atoms with Gasteiger partial charge in [0.1, 0.15) is 0 Å². The molecule has 0 aromatic heterocycles. The Hall–Kier alpha value is -1.74. The standard InChI is InChI=1S/C17H17NOS/c19-17-18-15(11-13-7-3-1-4-8-13)12-16(20-17)14-9-5-2-6-10-14/h1-10,15-16H,11-12H2,(H,18,19)/t15-,16-/m1/s1. The van der Waals surface area contributed by atoms with Crippen molar-refractivity contribution in [3.63, 3.8) is 0 Å². The fourth-order valence-corrected chi connectivity index (χ4v) is 3.72. The van der Waals surface area contributed by atoms with E-state index in [1.54, 1.807) is 0 Å². The van der Waals surface area contributed by atoms with Crippen molar-refractivity contribution < 1.29 is 4.79 Å². The molecular weight excluding hydrogens is 266 g/mol. The second-order valence-electron chi connectivity index (χ2n) is 5.07. The molecule has 2 atom stereocenters. The van der Waals surface area contributed by atoms with E-state index >= 15 is 0 Å². The number of hydrogen-bond acceptors (Lipinski definition) is 2. The molecule has 2 aromatic rings. The summed E-state index contributed by atoms with van der Waals surface area (Å²) in [6.45, 7) is 0. The number of nitrogens with one attached hydrogen (secondary N) is 1. The lowest BCUT2D eigenvalue weighted by molar-refractivity contribution is 0.254. The van der Waals surface area contributed by atoms with Gasteiger partial charge in [-0.3, -0.25) is 4.79 Å². The van der Waals surface area contributed by atoms with E-state index in [0.717, 1.165) is 12.8 Å². The Bertz CT molecular complexity index is 570. The van der Waals surface area contributed by atoms with Gasteiger partial charge in [0, 0.05) is 11.3 Å². The summed E-state index contributed by atoms with van der Waals surface area (Å²) in [7, 11) is 0. The Kier molecular flexibility index (Phi) is 4.07. The number of thioether (sulfide) groups is 1. The summed E-state index contributed by atoms with van der Waals surface area (Å²) in [5.41, 5.74) is 2.52. The van der Waals surface area contributed by atoms with Crippen molar-refractivity contribution in [1.29, 1.82) is 0 Å². The zero-order valence-electron chi connectivity index (χ0n) is 11.2. The summed E-state index contributed by atoms with van der Waals surface area (Å²) in [6, 6.07) is 20.9. The van der Waals surface area contributed by atoms with Crippen molar-refractivity contribution in [2.45, 2.75) is 24.1 Å². The second-order valence-corrected chi connectivity index (χ2v) is 6.25. The molecule has 0 spiro atoms. The number of benzene rings is 2. The van der Waals surface area contributed by atoms with Gasteiger partial charge in [-0.25, -0.2) is 0 Å². The maximum atomic E-state index is 11.9. The summed E-state index contributed by atoms with van der Waals surface area (Å²) in [4.78, 5) is 11.9. The van der Waals surface area contributed by atoms with Crippen LogP contribution >= 0.6 is 11.8 Å². The molecule has 3 rings (SSSR count). The fourth-order valence-electron chi connectivity index (χ4n) is 2.60. The van der Waals surface area contributed by atoms with Gasteiger partial charge in [-0.05, 0) is 24.0 Å². The van der Waals surface area contributed by atoms with E-state index in [2.05, 4.69) is 29.6 Å². The number of hydrogen-bond donors (Lipinski definition) is 1. The van der Waals surface area contributed by atoms with Gasteiger partial charge in [0.05, 0.1) is 0 Å². The van der Waals surface area contributed by atoms with Crippen LogP contribution in [0.25, 0.3) is 0 Å². The highest BCUT2D eigenvalue weighted by Crippen LogP contribution is 2.37. The molecule has 0 aliphatic carbocycles. The van der Waals surface area contributed by atoms with Gasteiger partial charge in [0.15, 0.2) is 0 Å². The molecule has 1 fully saturated rings. The summed E-state index contributed by atoms with van der Waals surface area (Å²) in [5.74, 6) is 0. The molecule has 0 radical (unpaired) electrons. The highest BCUT2D eigenvalue weighted by Gasteiger charge is 2.28. The lowest BCUT2D eigenvalue weighted by atomic mass is 9.98. The van der Waals surface area contributed by atoms with E-state index in [0.29, 0.717) is 0 Å². The molecule has 2 aromatic carbocycles. The zero-order valence-corrected chi connectivity index (χ0v) is 12.0. The smallest absolute Gasteiger partial charge is 0.279 e. The van der Waals surface area contributed by atoms with Gasteiger partial charge < -0.3 is 5.32 Å². The van der Waals surface area contributed by atoms with Crippen molar-refractivity contribution in [2.75, 3.05) is 0 Å². The normalized spacial score (nSPS) is 22.3. The number of carbonyl (C=O) groups is 1. The maximum Gasteiger partial charge on any atom is 0.279 e. The van der Waals surface area contributed by atoms with Crippen LogP contribution in [0.1, 0.15) is 22.8 Å². The molecule has 1 N–H and O–H groups in total. The molecule has 2 nitrogen and oxygen atoms in total. The highest BCUT2D eigenvalue weighted by molar-refractivity contribution is 8.13. The van der Waals surface area contributed by atoms with Gasteiger partial charge in [0.2, 0.25) is 0 Å². The van der Waals surface area contributed by atoms with Crippen LogP contribution in [0, 0.1) is 0 Å². The van der Waals surface area contributed by atoms with Crippen LogP contribution < -0.4 is 5.32 Å². The van der Waals surface area contributed by atoms with E-state index in [4.69, 9.17) is 0 Å². The summed E-state index contributed by atoms with van der Waals surface area (Å²) >= 11 is 1.40. The lowest BCUT2D eigenvalue weighted by Crippen LogP contribution is -2.39. The largest absolute Gasteiger partial charge is 0.344 e. The number of rotatable bonds is 3. The third-order valence-corrected chi connectivity index (χ3v) is 4.65. The molecule has 0 bridgehead atoms. The van der Waals surface area contributed by atoms with Crippen LogP contribution in [0.4, 0.5) is 4.79 Å². The third-order valence-electron chi connectivity index (χ3n) is 3.57. The van der Waals surface area contributed by atoms with Gasteiger partial charge in [-0.15, -0.1) is 0 Å². The first-order chi connectivity index (χ1) is 9.81. The molecule has 1 saturated heterocycles. The minimum Gasteiger partial charge on any atom is -0.344 e. The van der Waals surface area contributed by atoms with Gasteiger partial charge in [0.25, 0.3) is 5.24 Å². The first-order valence-corrected chi connectivity index (χ1v) is 7.75. The van der Waals surface area contributed by atoms with Crippen molar-refractivity contribution >= 4 is 17.0 Å². The number of carbonyl (C=O) groups excluding carboxylic acids is 1. The van der Waals surface area contributed by atoms with Crippen molar-refractivity contribution in [2.24, 2.45) is 0 Å². The predicted molar refractivity (Wildman–Crippen MR) is 83.9 cm³/mol. The first kappa shape index (κ1) is 13.3. The minimum absolute atomic E-state index is 0.0889. The Morgan fingerprint density at radius 2 is 1.65 bits per heavy atom. The van der Waals surface area contributed by atoms with E-state index in [9.17, 15) is 4.79 Å². The van der Waals surface area contributed by atoms with Crippen LogP contribution in [0.5, 0.6) is 0 Å². The third kappa shape index (κ3) is 3.23. The average Bonchev–Trinajstić information content (AvgIpc) is 2.49. The van der Waals surface area contributed by atoms with Gasteiger partial charge >= 0.3 is 0 Å². The molecule has 1 heterocycles. The molecule has 1 amide bonds. The first-order valence-electron chi connectivity index (χ1n) is 6.87. The van der Waals surface area contributed by atoms with E-state index < -0.39 is 0 Å². The highest BCUT2D eigenvalue weighted by atomic mass is 32.2. The van der Waals surface area contributed by atoms with Crippen LogP contribution in [0.3, 0.4) is 0 Å². The van der Waals surface area contributed by atoms with E-state index in [1.165, 1.54) is 22.9 Å². The Morgan fingerprint density at radius 1 is 1.00 bits per heavy atom. The lowest BCUT2D eigenvalue weighted by Gasteiger charge is -2.29. The maximum absolute atomic E-state index is 11.9. The summed E-state index contributed by atoms with van der Waals surface area (Å²) in [5, 5.41) is 3.44. The average molecular weight is 283 g/mol. The molecule has 1 aliphatic rings. The van der Waals surface area contributed by atoms with Crippen LogP contribution in [-0.4, -0.2) is 11.3 Å². The van der Waals surface area contributed by atoms with Crippen molar-refractivity contribution in [3.8, 4) is 0 Å². The molecular formula is C17H17NOS. The quantitative estimate of drug-likeness (QED) is 0.915. The number of amides is 1. The Morgan fingerprint density at radius 3 is 2.35 bits per heavy atom. The molecule has 102 valence electrons. The topological polar surface area (TPSA) is 29.1 Å². The Balaban J connectivity index is 1.72. The molecule has 1 aliphatic heterocycles. The van der Waals surface area contributed by atoms with Crippen LogP contribution in [-0.2, 0) is 6.42 Å². The molecule has 20 heavy (non-hydrogen) atoms. The summed E-state index contributed by atoms with van der Waals surface area (Å²) < 4.78 is 0. The van der Waals surface area contributed by atoms with E-state index in [-0.39, 0.29) is 16.5 Å². The predicted octanol–water partition coefficient (Wildman–Crippen LogP) is 4.19. The molecule has 0 unspecified atom stereocenters. The van der Waals surface area contributed by atoms with E-state index in [1.807, 2.05) is 36.4 Å². The minimum atomic E-state index is 0.0889. The molecule has 0 saturated carbocycles. The fraction of sp³-hybridized carbons (Fsp3) is 0.235. The van der Waals surface area contributed by atoms with Crippen LogP contribution in [0.15, 0.2) is 60.7 Å². The molecule has 3 heteroatoms. The van der Waals surface area contributed by atoms with Gasteiger partial charge in [-0.1, -0.05) is 72.4 Å². The monoisotopic (exact) mass is 283 g/mol.